The second kappa shape index (κ2) is 6.46. The highest BCUT2D eigenvalue weighted by Gasteiger charge is 2.48. The standard InChI is InChI=1S/C20H18N2O3S/c23-18(24)17-12-15-8-4-5-9-16(15)22(17)20(10-11-20)21-19(26)25-13-14-6-2-1-3-7-14/h1-9,12H,10-11,13H2,(H,21,26)(H,23,24). The average Bonchev–Trinajstić information content (AvgIpc) is 3.29. The van der Waals surface area contributed by atoms with E-state index in [1.54, 1.807) is 6.07 Å². The lowest BCUT2D eigenvalue weighted by atomic mass is 10.2. The lowest BCUT2D eigenvalue weighted by Gasteiger charge is -2.24. The van der Waals surface area contributed by atoms with Crippen LogP contribution in [0.5, 0.6) is 0 Å². The summed E-state index contributed by atoms with van der Waals surface area (Å²) >= 11 is 5.35. The van der Waals surface area contributed by atoms with Crippen molar-refractivity contribution in [2.45, 2.75) is 25.1 Å². The minimum absolute atomic E-state index is 0.252. The number of carboxylic acids is 1. The van der Waals surface area contributed by atoms with Gasteiger partial charge in [0.05, 0.1) is 5.52 Å². The minimum Gasteiger partial charge on any atom is -0.477 e. The molecular formula is C20H18N2O3S. The first-order chi connectivity index (χ1) is 12.6. The van der Waals surface area contributed by atoms with Crippen LogP contribution in [0.3, 0.4) is 0 Å². The van der Waals surface area contributed by atoms with Crippen molar-refractivity contribution in [2.24, 2.45) is 0 Å². The molecule has 0 bridgehead atoms. The van der Waals surface area contributed by atoms with Gasteiger partial charge in [0.1, 0.15) is 18.0 Å². The first kappa shape index (κ1) is 16.6. The van der Waals surface area contributed by atoms with Gasteiger partial charge in [-0.05, 0) is 42.8 Å². The van der Waals surface area contributed by atoms with Gasteiger partial charge in [0.15, 0.2) is 0 Å². The first-order valence-corrected chi connectivity index (χ1v) is 8.83. The molecule has 2 N–H and O–H groups in total. The van der Waals surface area contributed by atoms with E-state index in [2.05, 4.69) is 5.32 Å². The molecule has 1 aliphatic carbocycles. The number of rotatable bonds is 5. The third-order valence-corrected chi connectivity index (χ3v) is 4.85. The van der Waals surface area contributed by atoms with E-state index >= 15 is 0 Å². The molecule has 1 fully saturated rings. The summed E-state index contributed by atoms with van der Waals surface area (Å²) in [6.07, 6.45) is 1.58. The van der Waals surface area contributed by atoms with Crippen molar-refractivity contribution in [1.82, 2.24) is 9.88 Å². The molecule has 6 heteroatoms. The van der Waals surface area contributed by atoms with Crippen LogP contribution in [0, 0.1) is 0 Å². The topological polar surface area (TPSA) is 63.5 Å². The third kappa shape index (κ3) is 3.04. The molecule has 1 aromatic heterocycles. The molecule has 2 aromatic carbocycles. The van der Waals surface area contributed by atoms with Crippen molar-refractivity contribution in [3.05, 3.63) is 71.9 Å². The largest absolute Gasteiger partial charge is 0.477 e. The number of nitrogens with zero attached hydrogens (tertiary/aromatic N) is 1. The van der Waals surface area contributed by atoms with Crippen LogP contribution in [0.15, 0.2) is 60.7 Å². The summed E-state index contributed by atoms with van der Waals surface area (Å²) in [6.45, 7) is 0.376. The zero-order chi connectivity index (χ0) is 18.1. The normalized spacial score (nSPS) is 14.8. The zero-order valence-electron chi connectivity index (χ0n) is 14.0. The Hall–Kier alpha value is -2.86. The molecule has 1 saturated carbocycles. The maximum absolute atomic E-state index is 11.7. The Kier molecular flexibility index (Phi) is 4.12. The van der Waals surface area contributed by atoms with Crippen molar-refractivity contribution in [1.29, 1.82) is 0 Å². The molecule has 0 saturated heterocycles. The highest BCUT2D eigenvalue weighted by atomic mass is 32.1. The molecule has 4 rings (SSSR count). The van der Waals surface area contributed by atoms with Crippen LogP contribution in [-0.4, -0.2) is 20.8 Å². The lowest BCUT2D eigenvalue weighted by Crippen LogP contribution is -2.40. The Bertz CT molecular complexity index is 977. The van der Waals surface area contributed by atoms with Crippen LogP contribution in [0.2, 0.25) is 0 Å². The highest BCUT2D eigenvalue weighted by Crippen LogP contribution is 2.44. The van der Waals surface area contributed by atoms with Crippen molar-refractivity contribution in [3.63, 3.8) is 0 Å². The Morgan fingerprint density at radius 3 is 2.54 bits per heavy atom. The first-order valence-electron chi connectivity index (χ1n) is 8.42. The highest BCUT2D eigenvalue weighted by molar-refractivity contribution is 7.80. The molecule has 0 aliphatic heterocycles. The number of carboxylic acid groups (broad SMARTS) is 1. The van der Waals surface area contributed by atoms with Gasteiger partial charge in [-0.2, -0.15) is 0 Å². The number of carbonyl (C=O) groups is 1. The van der Waals surface area contributed by atoms with Crippen molar-refractivity contribution >= 4 is 34.3 Å². The molecule has 1 aliphatic rings. The average molecular weight is 366 g/mol. The number of aromatic nitrogens is 1. The summed E-state index contributed by atoms with van der Waals surface area (Å²) in [5.41, 5.74) is 1.62. The number of fused-ring (bicyclic) bond motifs is 1. The van der Waals surface area contributed by atoms with Crippen LogP contribution in [0.1, 0.15) is 28.9 Å². The zero-order valence-corrected chi connectivity index (χ0v) is 14.8. The third-order valence-electron chi connectivity index (χ3n) is 4.63. The second-order valence-corrected chi connectivity index (χ2v) is 6.82. The molecule has 1 heterocycles. The number of nitrogens with one attached hydrogen (secondary N) is 1. The van der Waals surface area contributed by atoms with Gasteiger partial charge in [0.25, 0.3) is 5.17 Å². The number of benzene rings is 2. The predicted octanol–water partition coefficient (Wildman–Crippen LogP) is 3.88. The number of para-hydroxylation sites is 1. The fourth-order valence-corrected chi connectivity index (χ4v) is 3.49. The summed E-state index contributed by atoms with van der Waals surface area (Å²) < 4.78 is 7.51. The number of ether oxygens (including phenoxy) is 1. The van der Waals surface area contributed by atoms with Crippen LogP contribution in [0.4, 0.5) is 0 Å². The summed E-state index contributed by atoms with van der Waals surface area (Å²) in [4.78, 5) is 11.7. The summed E-state index contributed by atoms with van der Waals surface area (Å²) in [7, 11) is 0. The quantitative estimate of drug-likeness (QED) is 0.671. The lowest BCUT2D eigenvalue weighted by molar-refractivity contribution is 0.0680. The smallest absolute Gasteiger partial charge is 0.352 e. The van der Waals surface area contributed by atoms with E-state index in [0.29, 0.717) is 6.61 Å². The Balaban J connectivity index is 1.57. The fourth-order valence-electron chi connectivity index (χ4n) is 3.25. The molecule has 3 aromatic rings. The van der Waals surface area contributed by atoms with E-state index in [9.17, 15) is 9.90 Å². The van der Waals surface area contributed by atoms with Crippen LogP contribution in [0.25, 0.3) is 10.9 Å². The molecule has 0 atom stereocenters. The van der Waals surface area contributed by atoms with Crippen molar-refractivity contribution in [2.75, 3.05) is 0 Å². The Morgan fingerprint density at radius 2 is 1.85 bits per heavy atom. The molecule has 0 radical (unpaired) electrons. The monoisotopic (exact) mass is 366 g/mol. The molecule has 132 valence electrons. The molecule has 0 amide bonds. The van der Waals surface area contributed by atoms with E-state index in [4.69, 9.17) is 17.0 Å². The van der Waals surface area contributed by atoms with Gasteiger partial charge in [-0.25, -0.2) is 4.79 Å². The molecule has 0 spiro atoms. The number of hydrogen-bond acceptors (Lipinski definition) is 3. The van der Waals surface area contributed by atoms with E-state index in [-0.39, 0.29) is 10.9 Å². The number of hydrogen-bond donors (Lipinski definition) is 2. The van der Waals surface area contributed by atoms with Gasteiger partial charge in [0, 0.05) is 5.39 Å². The van der Waals surface area contributed by atoms with E-state index in [0.717, 1.165) is 29.3 Å². The summed E-state index contributed by atoms with van der Waals surface area (Å²) in [6, 6.07) is 19.1. The van der Waals surface area contributed by atoms with Gasteiger partial charge < -0.3 is 19.7 Å². The van der Waals surface area contributed by atoms with Crippen molar-refractivity contribution in [3.8, 4) is 0 Å². The number of aromatic carboxylic acids is 1. The van der Waals surface area contributed by atoms with Gasteiger partial charge in [-0.15, -0.1) is 0 Å². The predicted molar refractivity (Wildman–Crippen MR) is 103 cm³/mol. The number of thiocarbonyl (C=S) groups is 1. The Morgan fingerprint density at radius 1 is 1.15 bits per heavy atom. The van der Waals surface area contributed by atoms with E-state index < -0.39 is 11.6 Å². The maximum atomic E-state index is 11.7. The fraction of sp³-hybridized carbons (Fsp3) is 0.200. The molecule has 26 heavy (non-hydrogen) atoms. The van der Waals surface area contributed by atoms with Crippen molar-refractivity contribution < 1.29 is 14.6 Å². The second-order valence-electron chi connectivity index (χ2n) is 6.45. The van der Waals surface area contributed by atoms with Crippen LogP contribution in [-0.2, 0) is 17.0 Å². The van der Waals surface area contributed by atoms with Gasteiger partial charge in [0.2, 0.25) is 0 Å². The SMILES string of the molecule is O=C(O)c1cc2ccccc2n1C1(NC(=S)OCc2ccccc2)CC1. The molecule has 5 nitrogen and oxygen atoms in total. The molecule has 0 unspecified atom stereocenters. The van der Waals surface area contributed by atoms with Gasteiger partial charge in [-0.3, -0.25) is 0 Å². The van der Waals surface area contributed by atoms with E-state index in [1.807, 2.05) is 59.2 Å². The van der Waals surface area contributed by atoms with Crippen LogP contribution < -0.4 is 5.32 Å². The summed E-state index contributed by atoms with van der Waals surface area (Å²) in [5.74, 6) is -0.953. The summed E-state index contributed by atoms with van der Waals surface area (Å²) in [5, 5.41) is 14.0. The molecular weight excluding hydrogens is 348 g/mol. The maximum Gasteiger partial charge on any atom is 0.352 e. The van der Waals surface area contributed by atoms with Gasteiger partial charge in [-0.1, -0.05) is 48.5 Å². The van der Waals surface area contributed by atoms with E-state index in [1.165, 1.54) is 0 Å². The minimum atomic E-state index is -0.953. The Labute approximate surface area is 156 Å². The van der Waals surface area contributed by atoms with Crippen LogP contribution >= 0.6 is 12.2 Å². The van der Waals surface area contributed by atoms with Gasteiger partial charge >= 0.3 is 5.97 Å².